The molecule has 0 heterocycles. The Kier molecular flexibility index (Phi) is 8.30. The zero-order chi connectivity index (χ0) is 20.7. The van der Waals surface area contributed by atoms with Crippen LogP contribution in [-0.2, 0) is 20.9 Å². The van der Waals surface area contributed by atoms with Crippen LogP contribution in [0.5, 0.6) is 5.75 Å². The fraction of sp³-hybridized carbons (Fsp3) is 0.636. The lowest BCUT2D eigenvalue weighted by molar-refractivity contribution is -0.139. The number of ether oxygens (including phenoxy) is 2. The lowest BCUT2D eigenvalue weighted by Gasteiger charge is -2.33. The van der Waals surface area contributed by atoms with Crippen molar-refractivity contribution in [1.82, 2.24) is 10.6 Å². The Bertz CT molecular complexity index is 669. The molecule has 0 aliphatic heterocycles. The molecule has 1 saturated carbocycles. The number of benzene rings is 1. The summed E-state index contributed by atoms with van der Waals surface area (Å²) in [5.74, 6) is 0.477. The highest BCUT2D eigenvalue weighted by atomic mass is 16.5. The van der Waals surface area contributed by atoms with Crippen molar-refractivity contribution in [1.29, 1.82) is 0 Å². The van der Waals surface area contributed by atoms with Crippen molar-refractivity contribution >= 4 is 11.8 Å². The SMILES string of the molecule is COC1CC(CNC(=O)C(=O)NCc2ccc(C)cc2OC(C)CC(C)C)C1. The number of aryl methyl sites for hydroxylation is 1. The van der Waals surface area contributed by atoms with Gasteiger partial charge in [-0.3, -0.25) is 9.59 Å². The minimum absolute atomic E-state index is 0.0814. The molecule has 2 rings (SSSR count). The van der Waals surface area contributed by atoms with E-state index in [1.165, 1.54) is 0 Å². The standard InChI is InChI=1S/C22H34N2O4/c1-14(2)8-16(4)28-20-9-15(3)6-7-18(20)13-24-22(26)21(25)23-12-17-10-19(11-17)27-5/h6-7,9,14,16-17,19H,8,10-13H2,1-5H3,(H,23,25)(H,24,26). The van der Waals surface area contributed by atoms with E-state index in [4.69, 9.17) is 9.47 Å². The predicted octanol–water partition coefficient (Wildman–Crippen LogP) is 2.97. The number of nitrogens with one attached hydrogen (secondary N) is 2. The average molecular weight is 391 g/mol. The summed E-state index contributed by atoms with van der Waals surface area (Å²) in [6, 6.07) is 5.88. The van der Waals surface area contributed by atoms with Gasteiger partial charge >= 0.3 is 11.8 Å². The molecule has 0 aromatic heterocycles. The molecule has 1 aliphatic carbocycles. The fourth-order valence-corrected chi connectivity index (χ4v) is 3.45. The van der Waals surface area contributed by atoms with Crippen molar-refractivity contribution < 1.29 is 19.1 Å². The summed E-state index contributed by atoms with van der Waals surface area (Å²) < 4.78 is 11.3. The number of carbonyl (C=O) groups is 2. The van der Waals surface area contributed by atoms with Crippen LogP contribution in [0.4, 0.5) is 0 Å². The molecule has 2 amide bonds. The van der Waals surface area contributed by atoms with Gasteiger partial charge in [0, 0.05) is 25.8 Å². The van der Waals surface area contributed by atoms with Crippen molar-refractivity contribution in [3.8, 4) is 5.75 Å². The topological polar surface area (TPSA) is 76.7 Å². The zero-order valence-corrected chi connectivity index (χ0v) is 17.7. The lowest BCUT2D eigenvalue weighted by atomic mass is 9.82. The zero-order valence-electron chi connectivity index (χ0n) is 17.7. The molecule has 156 valence electrons. The molecule has 1 aliphatic rings. The van der Waals surface area contributed by atoms with E-state index >= 15 is 0 Å². The predicted molar refractivity (Wildman–Crippen MR) is 109 cm³/mol. The monoisotopic (exact) mass is 390 g/mol. The summed E-state index contributed by atoms with van der Waals surface area (Å²) in [7, 11) is 1.69. The second-order valence-electron chi connectivity index (χ2n) is 8.26. The first-order valence-corrected chi connectivity index (χ1v) is 10.1. The van der Waals surface area contributed by atoms with Crippen molar-refractivity contribution in [3.05, 3.63) is 29.3 Å². The Morgan fingerprint density at radius 1 is 1.14 bits per heavy atom. The summed E-state index contributed by atoms with van der Waals surface area (Å²) >= 11 is 0. The molecular weight excluding hydrogens is 356 g/mol. The smallest absolute Gasteiger partial charge is 0.309 e. The van der Waals surface area contributed by atoms with Gasteiger partial charge in [-0.1, -0.05) is 26.0 Å². The van der Waals surface area contributed by atoms with E-state index in [0.717, 1.165) is 36.1 Å². The third kappa shape index (κ3) is 6.82. The third-order valence-corrected chi connectivity index (χ3v) is 5.08. The summed E-state index contributed by atoms with van der Waals surface area (Å²) in [5.41, 5.74) is 1.96. The molecule has 0 spiro atoms. The van der Waals surface area contributed by atoms with E-state index < -0.39 is 11.8 Å². The fourth-order valence-electron chi connectivity index (χ4n) is 3.45. The first-order chi connectivity index (χ1) is 13.3. The minimum Gasteiger partial charge on any atom is -0.490 e. The lowest BCUT2D eigenvalue weighted by Crippen LogP contribution is -2.44. The summed E-state index contributed by atoms with van der Waals surface area (Å²) in [6.45, 7) is 9.14. The van der Waals surface area contributed by atoms with E-state index in [9.17, 15) is 9.59 Å². The Morgan fingerprint density at radius 2 is 1.82 bits per heavy atom. The van der Waals surface area contributed by atoms with Crippen LogP contribution in [0.1, 0.15) is 51.2 Å². The molecule has 0 saturated heterocycles. The van der Waals surface area contributed by atoms with E-state index in [0.29, 0.717) is 18.4 Å². The van der Waals surface area contributed by atoms with Crippen LogP contribution in [0.3, 0.4) is 0 Å². The van der Waals surface area contributed by atoms with E-state index in [-0.39, 0.29) is 18.8 Å². The second kappa shape index (κ2) is 10.5. The van der Waals surface area contributed by atoms with Crippen LogP contribution in [0, 0.1) is 18.8 Å². The molecule has 6 nitrogen and oxygen atoms in total. The number of rotatable bonds is 9. The quantitative estimate of drug-likeness (QED) is 0.636. The van der Waals surface area contributed by atoms with Crippen molar-refractivity contribution in [2.75, 3.05) is 13.7 Å². The molecule has 0 radical (unpaired) electrons. The van der Waals surface area contributed by atoms with Crippen LogP contribution in [-0.4, -0.2) is 37.7 Å². The normalized spacial score (nSPS) is 19.6. The molecule has 28 heavy (non-hydrogen) atoms. The Balaban J connectivity index is 1.83. The Morgan fingerprint density at radius 3 is 2.46 bits per heavy atom. The van der Waals surface area contributed by atoms with Gasteiger partial charge in [0.15, 0.2) is 0 Å². The Labute approximate surface area is 168 Å². The summed E-state index contributed by atoms with van der Waals surface area (Å²) in [6.07, 6.45) is 3.17. The molecule has 1 aromatic rings. The van der Waals surface area contributed by atoms with Crippen LogP contribution in [0.15, 0.2) is 18.2 Å². The van der Waals surface area contributed by atoms with Gasteiger partial charge in [0.05, 0.1) is 12.2 Å². The van der Waals surface area contributed by atoms with Gasteiger partial charge in [-0.15, -0.1) is 0 Å². The second-order valence-corrected chi connectivity index (χ2v) is 8.26. The van der Waals surface area contributed by atoms with Gasteiger partial charge in [-0.2, -0.15) is 0 Å². The van der Waals surface area contributed by atoms with Crippen molar-refractivity contribution in [3.63, 3.8) is 0 Å². The van der Waals surface area contributed by atoms with Gasteiger partial charge in [0.1, 0.15) is 5.75 Å². The van der Waals surface area contributed by atoms with E-state index in [2.05, 4.69) is 24.5 Å². The highest BCUT2D eigenvalue weighted by molar-refractivity contribution is 6.35. The number of hydrogen-bond donors (Lipinski definition) is 2. The van der Waals surface area contributed by atoms with Crippen LogP contribution in [0.2, 0.25) is 0 Å². The largest absolute Gasteiger partial charge is 0.490 e. The molecule has 1 fully saturated rings. The van der Waals surface area contributed by atoms with Gasteiger partial charge in [0.25, 0.3) is 0 Å². The number of methoxy groups -OCH3 is 1. The highest BCUT2D eigenvalue weighted by Crippen LogP contribution is 2.28. The molecular formula is C22H34N2O4. The average Bonchev–Trinajstić information content (AvgIpc) is 2.58. The first-order valence-electron chi connectivity index (χ1n) is 10.1. The highest BCUT2D eigenvalue weighted by Gasteiger charge is 2.29. The van der Waals surface area contributed by atoms with Crippen LogP contribution >= 0.6 is 0 Å². The van der Waals surface area contributed by atoms with Crippen molar-refractivity contribution in [2.45, 2.75) is 65.7 Å². The summed E-state index contributed by atoms with van der Waals surface area (Å²) in [5, 5.41) is 5.40. The first kappa shape index (κ1) is 22.2. The maximum absolute atomic E-state index is 12.1. The molecule has 1 atom stereocenters. The molecule has 2 N–H and O–H groups in total. The van der Waals surface area contributed by atoms with Gasteiger partial charge in [-0.25, -0.2) is 0 Å². The summed E-state index contributed by atoms with van der Waals surface area (Å²) in [4.78, 5) is 24.1. The molecule has 1 unspecified atom stereocenters. The van der Waals surface area contributed by atoms with Gasteiger partial charge < -0.3 is 20.1 Å². The van der Waals surface area contributed by atoms with Crippen LogP contribution < -0.4 is 15.4 Å². The molecule has 6 heteroatoms. The van der Waals surface area contributed by atoms with Crippen LogP contribution in [0.25, 0.3) is 0 Å². The molecule has 1 aromatic carbocycles. The van der Waals surface area contributed by atoms with E-state index in [1.807, 2.05) is 32.0 Å². The Hall–Kier alpha value is -2.08. The van der Waals surface area contributed by atoms with E-state index in [1.54, 1.807) is 7.11 Å². The van der Waals surface area contributed by atoms with Gasteiger partial charge in [-0.05, 0) is 56.6 Å². The maximum atomic E-state index is 12.1. The number of carbonyl (C=O) groups excluding carboxylic acids is 2. The van der Waals surface area contributed by atoms with Gasteiger partial charge in [0.2, 0.25) is 0 Å². The maximum Gasteiger partial charge on any atom is 0.309 e. The molecule has 0 bridgehead atoms. The van der Waals surface area contributed by atoms with Crippen molar-refractivity contribution in [2.24, 2.45) is 11.8 Å². The third-order valence-electron chi connectivity index (χ3n) is 5.08. The number of amides is 2. The minimum atomic E-state index is -0.621. The number of hydrogen-bond acceptors (Lipinski definition) is 4.